The van der Waals surface area contributed by atoms with Crippen molar-refractivity contribution < 1.29 is 14.2 Å². The molecule has 0 saturated heterocycles. The van der Waals surface area contributed by atoms with E-state index < -0.39 is 0 Å². The molecule has 2 aliphatic rings. The number of carbonyl (C=O) groups is 1. The third kappa shape index (κ3) is 3.05. The van der Waals surface area contributed by atoms with Crippen LogP contribution in [-0.2, 0) is 4.79 Å². The van der Waals surface area contributed by atoms with Crippen LogP contribution in [0, 0.1) is 0 Å². The number of oxazole rings is 1. The molecule has 5 rings (SSSR count). The highest BCUT2D eigenvalue weighted by molar-refractivity contribution is 6.30. The minimum atomic E-state index is -0.256. The molecule has 2 heterocycles. The minimum Gasteiger partial charge on any atom is -0.412 e. The normalized spacial score (nSPS) is 19.2. The maximum Gasteiger partial charge on any atom is 0.365 e. The number of benzene rings is 2. The van der Waals surface area contributed by atoms with Gasteiger partial charge in [-0.25, -0.2) is 5.32 Å². The molecule has 28 heavy (non-hydrogen) atoms. The molecule has 0 fully saturated rings. The Hall–Kier alpha value is -3.12. The van der Waals surface area contributed by atoms with Gasteiger partial charge in [-0.3, -0.25) is 9.79 Å². The zero-order chi connectivity index (χ0) is 19.1. The molecule has 0 saturated carbocycles. The van der Waals surface area contributed by atoms with Gasteiger partial charge >= 0.3 is 12.0 Å². The Labute approximate surface area is 166 Å². The Morgan fingerprint density at radius 2 is 1.96 bits per heavy atom. The average molecular weight is 394 g/mol. The predicted molar refractivity (Wildman–Crippen MR) is 107 cm³/mol. The van der Waals surface area contributed by atoms with E-state index >= 15 is 0 Å². The lowest BCUT2D eigenvalue weighted by molar-refractivity contribution is -0.501. The number of aromatic nitrogens is 1. The summed E-state index contributed by atoms with van der Waals surface area (Å²) in [5.74, 6) is 0.807. The standard InChI is InChI=1S/C21H17ClN4O2/c22-13-10-8-12(9-11-13)19-18-15(5-3-6-16(18)27)23-20(25-19)26-21-24-14-4-1-2-7-17(14)28-21/h1-2,4,7-11,19H,3,5-6H2,(H2,23,24,25,26)/p+1/t19-/m1/s1. The van der Waals surface area contributed by atoms with E-state index in [9.17, 15) is 4.79 Å². The number of carbonyl (C=O) groups excluding carboxylic acids is 1. The van der Waals surface area contributed by atoms with Gasteiger partial charge in [-0.2, -0.15) is 10.3 Å². The first-order valence-corrected chi connectivity index (χ1v) is 9.60. The molecule has 1 aliphatic heterocycles. The topological polar surface area (TPSA) is 81.1 Å². The van der Waals surface area contributed by atoms with Gasteiger partial charge in [0.25, 0.3) is 0 Å². The summed E-state index contributed by atoms with van der Waals surface area (Å²) in [7, 11) is 0. The number of allylic oxidation sites excluding steroid dienone is 1. The van der Waals surface area contributed by atoms with Gasteiger partial charge in [-0.1, -0.05) is 35.9 Å². The number of nitrogens with zero attached hydrogens (tertiary/aromatic N) is 1. The molecule has 3 N–H and O–H groups in total. The average Bonchev–Trinajstić information content (AvgIpc) is 3.10. The summed E-state index contributed by atoms with van der Waals surface area (Å²) in [6, 6.07) is 15.3. The molecule has 0 amide bonds. The van der Waals surface area contributed by atoms with Crippen LogP contribution < -0.4 is 15.6 Å². The molecule has 1 aliphatic carbocycles. The number of fused-ring (bicyclic) bond motifs is 1. The van der Waals surface area contributed by atoms with Crippen LogP contribution in [0.2, 0.25) is 5.02 Å². The lowest BCUT2D eigenvalue weighted by Gasteiger charge is -2.26. The van der Waals surface area contributed by atoms with Gasteiger partial charge in [-0.05, 0) is 36.2 Å². The first kappa shape index (κ1) is 17.0. The summed E-state index contributed by atoms with van der Waals surface area (Å²) in [6.45, 7) is 0. The first-order chi connectivity index (χ1) is 13.7. The van der Waals surface area contributed by atoms with Gasteiger partial charge < -0.3 is 4.42 Å². The van der Waals surface area contributed by atoms with Crippen LogP contribution in [-0.4, -0.2) is 16.7 Å². The van der Waals surface area contributed by atoms with Gasteiger partial charge in [0.05, 0.1) is 11.3 Å². The fourth-order valence-corrected chi connectivity index (χ4v) is 3.86. The summed E-state index contributed by atoms with van der Waals surface area (Å²) in [4.78, 5) is 20.5. The number of para-hydroxylation sites is 2. The van der Waals surface area contributed by atoms with Crippen molar-refractivity contribution >= 4 is 40.5 Å². The number of guanidine groups is 1. The Morgan fingerprint density at radius 3 is 2.79 bits per heavy atom. The summed E-state index contributed by atoms with van der Waals surface area (Å²) in [5, 5.41) is 7.15. The summed E-state index contributed by atoms with van der Waals surface area (Å²) in [5.41, 5.74) is 4.20. The molecule has 0 radical (unpaired) electrons. The number of ketones is 1. The SMILES string of the molecule is O=C1CCCC2=C1[C@@H](c1ccc(Cl)cc1)[NH+]=C(Nc1nc3ccccc3o1)N2. The first-order valence-electron chi connectivity index (χ1n) is 9.22. The molecular weight excluding hydrogens is 376 g/mol. The van der Waals surface area contributed by atoms with Crippen LogP contribution in [0.5, 0.6) is 0 Å². The van der Waals surface area contributed by atoms with E-state index in [2.05, 4.69) is 20.6 Å². The monoisotopic (exact) mass is 393 g/mol. The van der Waals surface area contributed by atoms with Gasteiger partial charge in [0.15, 0.2) is 11.4 Å². The second-order valence-corrected chi connectivity index (χ2v) is 7.35. The van der Waals surface area contributed by atoms with E-state index in [1.165, 1.54) is 0 Å². The number of rotatable bonds is 2. The van der Waals surface area contributed by atoms with Crippen LogP contribution in [0.3, 0.4) is 0 Å². The zero-order valence-corrected chi connectivity index (χ0v) is 15.7. The highest BCUT2D eigenvalue weighted by atomic mass is 35.5. The Balaban J connectivity index is 1.52. The fraction of sp³-hybridized carbons (Fsp3) is 0.190. The molecule has 1 aromatic heterocycles. The minimum absolute atomic E-state index is 0.169. The van der Waals surface area contributed by atoms with E-state index in [1.54, 1.807) is 0 Å². The number of hydrogen-bond donors (Lipinski definition) is 3. The van der Waals surface area contributed by atoms with E-state index in [4.69, 9.17) is 16.0 Å². The number of nitrogens with one attached hydrogen (secondary N) is 3. The Bertz CT molecular complexity index is 1100. The maximum atomic E-state index is 12.6. The van der Waals surface area contributed by atoms with Crippen molar-refractivity contribution in [3.8, 4) is 0 Å². The fourth-order valence-electron chi connectivity index (χ4n) is 3.74. The lowest BCUT2D eigenvalue weighted by atomic mass is 9.86. The van der Waals surface area contributed by atoms with Crippen LogP contribution in [0.25, 0.3) is 11.1 Å². The third-order valence-electron chi connectivity index (χ3n) is 5.04. The molecule has 0 bridgehead atoms. The van der Waals surface area contributed by atoms with Gasteiger partial charge in [-0.15, -0.1) is 0 Å². The van der Waals surface area contributed by atoms with Crippen molar-refractivity contribution in [3.63, 3.8) is 0 Å². The summed E-state index contributed by atoms with van der Waals surface area (Å²) >= 11 is 6.04. The van der Waals surface area contributed by atoms with Crippen LogP contribution >= 0.6 is 11.6 Å². The Kier molecular flexibility index (Phi) is 4.13. The quantitative estimate of drug-likeness (QED) is 0.623. The maximum absolute atomic E-state index is 12.6. The second kappa shape index (κ2) is 6.80. The smallest absolute Gasteiger partial charge is 0.365 e. The lowest BCUT2D eigenvalue weighted by Crippen LogP contribution is -2.82. The van der Waals surface area contributed by atoms with Crippen LogP contribution in [0.4, 0.5) is 6.01 Å². The molecule has 1 atom stereocenters. The number of Topliss-reactive ketones (excluding diaryl/α,β-unsaturated/α-hetero) is 1. The highest BCUT2D eigenvalue weighted by Crippen LogP contribution is 2.30. The third-order valence-corrected chi connectivity index (χ3v) is 5.29. The molecule has 140 valence electrons. The number of anilines is 1. The van der Waals surface area contributed by atoms with Crippen molar-refractivity contribution in [2.45, 2.75) is 25.3 Å². The molecule has 2 aromatic carbocycles. The molecule has 6 nitrogen and oxygen atoms in total. The highest BCUT2D eigenvalue weighted by Gasteiger charge is 2.36. The zero-order valence-electron chi connectivity index (χ0n) is 15.0. The largest absolute Gasteiger partial charge is 0.412 e. The summed E-state index contributed by atoms with van der Waals surface area (Å²) in [6.07, 6.45) is 2.24. The van der Waals surface area contributed by atoms with Gasteiger partial charge in [0.1, 0.15) is 11.6 Å². The van der Waals surface area contributed by atoms with Gasteiger partial charge in [0.2, 0.25) is 0 Å². The Morgan fingerprint density at radius 1 is 1.14 bits per heavy atom. The molecule has 3 aromatic rings. The van der Waals surface area contributed by atoms with Crippen molar-refractivity contribution in [2.24, 2.45) is 0 Å². The number of hydrogen-bond acceptors (Lipinski definition) is 5. The molecular formula is C21H18ClN4O2+. The van der Waals surface area contributed by atoms with E-state index in [-0.39, 0.29) is 11.8 Å². The van der Waals surface area contributed by atoms with Crippen LogP contribution in [0.15, 0.2) is 64.2 Å². The second-order valence-electron chi connectivity index (χ2n) is 6.91. The van der Waals surface area contributed by atoms with Crippen molar-refractivity contribution in [1.29, 1.82) is 0 Å². The summed E-state index contributed by atoms with van der Waals surface area (Å²) < 4.78 is 5.76. The van der Waals surface area contributed by atoms with Gasteiger partial charge in [0, 0.05) is 17.9 Å². The van der Waals surface area contributed by atoms with E-state index in [1.807, 2.05) is 48.5 Å². The van der Waals surface area contributed by atoms with E-state index in [0.29, 0.717) is 29.0 Å². The van der Waals surface area contributed by atoms with Crippen molar-refractivity contribution in [2.75, 3.05) is 5.32 Å². The predicted octanol–water partition coefficient (Wildman–Crippen LogP) is 2.68. The molecule has 0 spiro atoms. The van der Waals surface area contributed by atoms with Crippen molar-refractivity contribution in [3.05, 3.63) is 70.4 Å². The molecule has 0 unspecified atom stereocenters. The number of halogens is 1. The van der Waals surface area contributed by atoms with Crippen molar-refractivity contribution in [1.82, 2.24) is 10.3 Å². The van der Waals surface area contributed by atoms with Crippen LogP contribution in [0.1, 0.15) is 30.9 Å². The van der Waals surface area contributed by atoms with E-state index in [0.717, 1.165) is 35.2 Å². The molecule has 7 heteroatoms.